The first-order valence-electron chi connectivity index (χ1n) is 10.9. The second-order valence-electron chi connectivity index (χ2n) is 8.31. The van der Waals surface area contributed by atoms with Crippen molar-refractivity contribution in [1.82, 2.24) is 15.2 Å². The van der Waals surface area contributed by atoms with E-state index in [-0.39, 0.29) is 13.3 Å². The number of para-hydroxylation sites is 1. The second-order valence-corrected chi connectivity index (χ2v) is 8.31. The van der Waals surface area contributed by atoms with Crippen molar-refractivity contribution in [3.63, 3.8) is 0 Å². The number of anilines is 1. The third-order valence-electron chi connectivity index (χ3n) is 6.46. The molecule has 5 rings (SSSR count). The number of likely N-dealkylation sites (tertiary alicyclic amines) is 1. The lowest BCUT2D eigenvalue weighted by Gasteiger charge is -2.43. The van der Waals surface area contributed by atoms with Gasteiger partial charge in [-0.2, -0.15) is 0 Å². The maximum atomic E-state index is 11.9. The molecule has 0 bridgehead atoms. The molecule has 1 N–H and O–H groups in total. The fraction of sp³-hybridized carbons (Fsp3) is 0.478. The molecule has 0 radical (unpaired) electrons. The summed E-state index contributed by atoms with van der Waals surface area (Å²) in [6, 6.07) is 12.5. The molecular formula is C23H30N6O. The van der Waals surface area contributed by atoms with Crippen molar-refractivity contribution in [3.8, 4) is 0 Å². The molecule has 0 spiro atoms. The maximum Gasteiger partial charge on any atom is 0.222 e. The van der Waals surface area contributed by atoms with Crippen molar-refractivity contribution in [2.45, 2.75) is 12.8 Å². The Morgan fingerprint density at radius 3 is 2.60 bits per heavy atom. The van der Waals surface area contributed by atoms with Gasteiger partial charge < -0.3 is 15.1 Å². The monoisotopic (exact) mass is 406 g/mol. The summed E-state index contributed by atoms with van der Waals surface area (Å²) in [5.74, 6) is 2.77. The highest BCUT2D eigenvalue weighted by molar-refractivity contribution is 6.42. The van der Waals surface area contributed by atoms with Gasteiger partial charge in [0.05, 0.1) is 24.3 Å². The number of rotatable bonds is 3. The van der Waals surface area contributed by atoms with Gasteiger partial charge in [-0.1, -0.05) is 18.2 Å². The third kappa shape index (κ3) is 3.53. The summed E-state index contributed by atoms with van der Waals surface area (Å²) in [7, 11) is 1.72. The Hall–Kier alpha value is -2.96. The van der Waals surface area contributed by atoms with Crippen molar-refractivity contribution >= 4 is 34.2 Å². The summed E-state index contributed by atoms with van der Waals surface area (Å²) in [6.45, 7) is 5.14. The van der Waals surface area contributed by atoms with Gasteiger partial charge in [0.2, 0.25) is 5.91 Å². The third-order valence-corrected chi connectivity index (χ3v) is 6.46. The van der Waals surface area contributed by atoms with Gasteiger partial charge in [0, 0.05) is 51.9 Å². The summed E-state index contributed by atoms with van der Waals surface area (Å²) >= 11 is 0. The highest BCUT2D eigenvalue weighted by Gasteiger charge is 2.37. The normalized spacial score (nSPS) is 20.6. The minimum atomic E-state index is 0. The molecule has 2 fully saturated rings. The molecule has 30 heavy (non-hydrogen) atoms. The van der Waals surface area contributed by atoms with Gasteiger partial charge in [-0.15, -0.1) is 0 Å². The fourth-order valence-corrected chi connectivity index (χ4v) is 4.68. The standard InChI is InChI=1S/C23H28N6O.H2/c1-24-23(30)17-8-12-28(13-9-17)22-21(25-10-11-26-22)18-14-29(15-18)20-7-6-16-4-2-3-5-19(16)27-20;/h2-7,17-18H,8-15H2,1H3,(H,24,30);1H. The summed E-state index contributed by atoms with van der Waals surface area (Å²) in [6.07, 6.45) is 1.76. The number of amides is 1. The molecule has 7 heteroatoms. The molecule has 4 heterocycles. The molecule has 0 unspecified atom stereocenters. The van der Waals surface area contributed by atoms with Crippen LogP contribution in [0, 0.1) is 11.8 Å². The lowest BCUT2D eigenvalue weighted by Crippen LogP contribution is -2.56. The van der Waals surface area contributed by atoms with Crippen molar-refractivity contribution in [1.29, 1.82) is 0 Å². The number of hydrogen-bond acceptors (Lipinski definition) is 6. The van der Waals surface area contributed by atoms with Gasteiger partial charge in [-0.25, -0.2) is 4.98 Å². The van der Waals surface area contributed by atoms with E-state index in [9.17, 15) is 4.79 Å². The number of pyridine rings is 1. The molecule has 0 atom stereocenters. The number of aromatic nitrogens is 1. The van der Waals surface area contributed by atoms with Gasteiger partial charge >= 0.3 is 0 Å². The van der Waals surface area contributed by atoms with E-state index in [1.165, 1.54) is 5.39 Å². The quantitative estimate of drug-likeness (QED) is 0.848. The molecule has 1 aromatic heterocycles. The predicted molar refractivity (Wildman–Crippen MR) is 123 cm³/mol. The molecule has 1 aromatic carbocycles. The number of hydrogen-bond donors (Lipinski definition) is 1. The van der Waals surface area contributed by atoms with Gasteiger partial charge in [0.25, 0.3) is 0 Å². The number of carbonyl (C=O) groups is 1. The molecule has 3 aliphatic rings. The van der Waals surface area contributed by atoms with E-state index in [1.807, 2.05) is 12.1 Å². The average Bonchev–Trinajstić information content (AvgIpc) is 2.78. The number of aliphatic imine (C=N–C) groups is 2. The van der Waals surface area contributed by atoms with Crippen molar-refractivity contribution < 1.29 is 6.22 Å². The van der Waals surface area contributed by atoms with Crippen molar-refractivity contribution in [2.24, 2.45) is 21.8 Å². The Balaban J connectivity index is 0.00000231. The minimum absolute atomic E-state index is 0. The van der Waals surface area contributed by atoms with E-state index in [2.05, 4.69) is 39.4 Å². The van der Waals surface area contributed by atoms with E-state index in [1.54, 1.807) is 7.05 Å². The molecule has 0 saturated carbocycles. The minimum Gasteiger partial charge on any atom is -0.359 e. The van der Waals surface area contributed by atoms with Crippen LogP contribution in [0.2, 0.25) is 0 Å². The van der Waals surface area contributed by atoms with Crippen LogP contribution in [0.25, 0.3) is 10.9 Å². The van der Waals surface area contributed by atoms with Gasteiger partial charge in [-0.3, -0.25) is 14.8 Å². The smallest absolute Gasteiger partial charge is 0.222 e. The highest BCUT2D eigenvalue weighted by Crippen LogP contribution is 2.28. The number of nitrogens with one attached hydrogen (secondary N) is 1. The SMILES string of the molecule is CNC(=O)C1CCN(C2=NCCN=C2C2CN(c3ccc4ccccc4n3)C2)CC1.[HH]. The van der Waals surface area contributed by atoms with Crippen LogP contribution in [0.1, 0.15) is 14.3 Å². The van der Waals surface area contributed by atoms with Crippen LogP contribution in [0.15, 0.2) is 46.4 Å². The topological polar surface area (TPSA) is 73.2 Å². The molecule has 1 amide bonds. The number of amidine groups is 1. The lowest BCUT2D eigenvalue weighted by molar-refractivity contribution is -0.125. The van der Waals surface area contributed by atoms with E-state index in [0.29, 0.717) is 5.92 Å². The summed E-state index contributed by atoms with van der Waals surface area (Å²) < 4.78 is 0. The van der Waals surface area contributed by atoms with Gasteiger partial charge in [0.15, 0.2) is 0 Å². The van der Waals surface area contributed by atoms with E-state index in [0.717, 1.165) is 75.0 Å². The van der Waals surface area contributed by atoms with Crippen LogP contribution in [0.3, 0.4) is 0 Å². The highest BCUT2D eigenvalue weighted by atomic mass is 16.1. The van der Waals surface area contributed by atoms with Crippen molar-refractivity contribution in [3.05, 3.63) is 36.4 Å². The lowest BCUT2D eigenvalue weighted by atomic mass is 9.90. The first-order chi connectivity index (χ1) is 14.7. The van der Waals surface area contributed by atoms with Gasteiger partial charge in [0.1, 0.15) is 11.7 Å². The summed E-state index contributed by atoms with van der Waals surface area (Å²) in [5, 5.41) is 3.95. The molecule has 158 valence electrons. The fourth-order valence-electron chi connectivity index (χ4n) is 4.68. The first kappa shape index (κ1) is 19.0. The maximum absolute atomic E-state index is 11.9. The zero-order valence-electron chi connectivity index (χ0n) is 17.4. The molecule has 7 nitrogen and oxygen atoms in total. The van der Waals surface area contributed by atoms with E-state index < -0.39 is 0 Å². The van der Waals surface area contributed by atoms with Crippen LogP contribution in [0.4, 0.5) is 5.82 Å². The average molecular weight is 407 g/mol. The number of piperidine rings is 1. The number of fused-ring (bicyclic) bond motifs is 1. The van der Waals surface area contributed by atoms with Crippen LogP contribution >= 0.6 is 0 Å². The Bertz CT molecular complexity index is 1010. The van der Waals surface area contributed by atoms with E-state index >= 15 is 0 Å². The number of carbonyl (C=O) groups excluding carboxylic acids is 1. The number of nitrogens with zero attached hydrogens (tertiary/aromatic N) is 5. The Kier molecular flexibility index (Phi) is 5.11. The predicted octanol–water partition coefficient (Wildman–Crippen LogP) is 2.23. The molecule has 2 aromatic rings. The Morgan fingerprint density at radius 2 is 1.80 bits per heavy atom. The number of benzene rings is 1. The summed E-state index contributed by atoms with van der Waals surface area (Å²) in [4.78, 5) is 31.1. The van der Waals surface area contributed by atoms with Crippen LogP contribution in [0.5, 0.6) is 0 Å². The van der Waals surface area contributed by atoms with Gasteiger partial charge in [-0.05, 0) is 31.0 Å². The Labute approximate surface area is 178 Å². The Morgan fingerprint density at radius 1 is 1.03 bits per heavy atom. The van der Waals surface area contributed by atoms with Crippen LogP contribution < -0.4 is 10.2 Å². The molecule has 2 saturated heterocycles. The van der Waals surface area contributed by atoms with Crippen LogP contribution in [-0.4, -0.2) is 73.7 Å². The molecular weight excluding hydrogens is 376 g/mol. The van der Waals surface area contributed by atoms with E-state index in [4.69, 9.17) is 15.0 Å². The first-order valence-corrected chi connectivity index (χ1v) is 10.9. The molecule has 0 aliphatic carbocycles. The largest absolute Gasteiger partial charge is 0.359 e. The zero-order valence-corrected chi connectivity index (χ0v) is 17.4. The van der Waals surface area contributed by atoms with Crippen molar-refractivity contribution in [2.75, 3.05) is 51.2 Å². The second kappa shape index (κ2) is 8.05. The van der Waals surface area contributed by atoms with Crippen LogP contribution in [-0.2, 0) is 4.79 Å². The summed E-state index contributed by atoms with van der Waals surface area (Å²) in [5.41, 5.74) is 2.19. The zero-order chi connectivity index (χ0) is 20.5. The molecule has 3 aliphatic heterocycles.